The van der Waals surface area contributed by atoms with Crippen molar-refractivity contribution in [1.82, 2.24) is 44.1 Å². The number of carbonyl (C=O) groups excluding carboxylic acids is 3. The van der Waals surface area contributed by atoms with Crippen LogP contribution in [-0.2, 0) is 35.9 Å². The zero-order chi connectivity index (χ0) is 75.5. The standard InChI is InChI=1S/C38H49FN6O6S.C20H21FN2O2.C19H32N4O4S/c1-35(2,3)51-34(47)44-24-25(23-36(44,4)5)8-7-19-40-30-9-6-10-32(41-30)52(48,49)43-33(46)27-12-11-26(22-28(27)39)45-20-13-31(42-45)50-21-14-29-37(15-16-37)38(29)17-18-38;21-16-12-14(4-5-15(16)18(24)25)23-11-6-13(22-23)2-1-3-17-19(7-8-19)20(17)9-10-20;1-18(2,3)27-17(24)23-13-14(12-19(23,4)5)8-7-11-21-15-9-6-10-16(22-15)28(20,25)26/h6,9-13,20,22,25,29H,7-8,14-19,21,23-24H2,1-5H3,(H,40,41)(H,43,46);4-6,11-12,17H,1-3,7-10H2,(H,24,25);6,9-10,14H,7-8,11-13H2,1-5H3,(H,21,22)(H2,20,25,26)/t25-;;14-/m0.0/s1. The van der Waals surface area contributed by atoms with Gasteiger partial charge >= 0.3 is 18.2 Å². The van der Waals surface area contributed by atoms with Crippen molar-refractivity contribution in [2.75, 3.05) is 43.4 Å². The van der Waals surface area contributed by atoms with Gasteiger partial charge in [-0.3, -0.25) is 4.79 Å². The van der Waals surface area contributed by atoms with Gasteiger partial charge < -0.3 is 39.8 Å². The van der Waals surface area contributed by atoms with Crippen molar-refractivity contribution in [2.24, 2.45) is 50.5 Å². The molecule has 6 N–H and O–H groups in total. The largest absolute Gasteiger partial charge is 0.478 e. The van der Waals surface area contributed by atoms with Gasteiger partial charge in [0.25, 0.3) is 26.0 Å². The number of carboxylic acids is 1. The molecule has 2 atom stereocenters. The first-order valence-electron chi connectivity index (χ1n) is 36.9. The number of halogens is 2. The number of aromatic nitrogens is 6. The molecule has 105 heavy (non-hydrogen) atoms. The SMILES string of the molecule is CC(C)(C)OC(=O)N1C[C@@H](CCCNc2cccc(S(=O)(=O)NC(=O)c3ccc(-n4ccc(OCCC5C6(CC6)C56CC6)n4)cc3F)n2)CC1(C)C.CC(C)(C)OC(=O)N1C[C@@H](CCCNc2cccc(S(N)(=O)=O)n2)CC1(C)C.O=C(O)c1ccc(-n2ccc(CCCC3C4(CC4)C34CC4)n2)cc1F. The Morgan fingerprint density at radius 3 is 1.51 bits per heavy atom. The maximum Gasteiger partial charge on any atom is 0.410 e. The minimum absolute atomic E-state index is 0.150. The van der Waals surface area contributed by atoms with Crippen LogP contribution in [0.2, 0.25) is 0 Å². The van der Waals surface area contributed by atoms with Gasteiger partial charge in [-0.25, -0.2) is 60.8 Å². The van der Waals surface area contributed by atoms with E-state index in [1.54, 1.807) is 46.1 Å². The number of sulfonamides is 2. The van der Waals surface area contributed by atoms with Crippen molar-refractivity contribution in [3.05, 3.63) is 126 Å². The summed E-state index contributed by atoms with van der Waals surface area (Å²) < 4.78 is 100.0. The Balaban J connectivity index is 0.000000164. The number of ether oxygens (including phenoxy) is 3. The summed E-state index contributed by atoms with van der Waals surface area (Å²) in [5, 5.41) is 28.7. The number of benzene rings is 2. The van der Waals surface area contributed by atoms with Gasteiger partial charge in [0.05, 0.1) is 34.8 Å². The number of aryl methyl sites for hydroxylation is 1. The molecule has 14 rings (SSSR count). The first-order valence-corrected chi connectivity index (χ1v) is 40.0. The number of carboxylic acid groups (broad SMARTS) is 1. The molecule has 2 aromatic carbocycles. The molecule has 0 bridgehead atoms. The molecule has 8 fully saturated rings. The second kappa shape index (κ2) is 28.8. The van der Waals surface area contributed by atoms with E-state index in [4.69, 9.17) is 24.5 Å². The number of hydrogen-bond donors (Lipinski definition) is 5. The number of nitrogens with two attached hydrogens (primary N) is 1. The molecule has 6 heterocycles. The average molecular weight is 1490 g/mol. The summed E-state index contributed by atoms with van der Waals surface area (Å²) in [6.07, 6.45) is 23.9. The molecule has 0 unspecified atom stereocenters. The van der Waals surface area contributed by atoms with E-state index in [-0.39, 0.29) is 38.9 Å². The first kappa shape index (κ1) is 76.4. The zero-order valence-corrected chi connectivity index (χ0v) is 63.6. The molecule has 2 saturated heterocycles. The average Bonchev–Trinajstić information content (AvgIpc) is 1.45. The molecule has 6 aliphatic carbocycles. The molecule has 2 aliphatic heterocycles. The Morgan fingerprint density at radius 1 is 0.590 bits per heavy atom. The number of aromatic carboxylic acids is 1. The smallest absolute Gasteiger partial charge is 0.410 e. The quantitative estimate of drug-likeness (QED) is 0.0333. The number of anilines is 2. The Labute approximate surface area is 614 Å². The molecule has 568 valence electrons. The lowest BCUT2D eigenvalue weighted by Gasteiger charge is -2.33. The van der Waals surface area contributed by atoms with E-state index in [0.29, 0.717) is 84.3 Å². The van der Waals surface area contributed by atoms with Crippen molar-refractivity contribution >= 4 is 55.7 Å². The molecule has 8 aliphatic rings. The fraction of sp³-hybridized carbons (Fsp3) is 0.584. The van der Waals surface area contributed by atoms with Gasteiger partial charge in [-0.1, -0.05) is 12.1 Å². The Hall–Kier alpha value is -8.24. The summed E-state index contributed by atoms with van der Waals surface area (Å²) in [4.78, 5) is 60.9. The van der Waals surface area contributed by atoms with Crippen LogP contribution in [0.25, 0.3) is 11.4 Å². The molecule has 6 saturated carbocycles. The lowest BCUT2D eigenvalue weighted by Crippen LogP contribution is -2.45. The van der Waals surface area contributed by atoms with E-state index in [9.17, 15) is 40.4 Å². The molecule has 3 amide bonds. The fourth-order valence-corrected chi connectivity index (χ4v) is 18.9. The highest BCUT2D eigenvalue weighted by Crippen LogP contribution is 2.94. The van der Waals surface area contributed by atoms with Gasteiger partial charge in [0.15, 0.2) is 10.1 Å². The van der Waals surface area contributed by atoms with Crippen LogP contribution in [0.1, 0.15) is 205 Å². The second-order valence-electron chi connectivity index (χ2n) is 33.5. The summed E-state index contributed by atoms with van der Waals surface area (Å²) in [5.74, 6) is -0.318. The summed E-state index contributed by atoms with van der Waals surface area (Å²) in [5.41, 5.74) is 2.36. The number of amides is 3. The molecule has 0 radical (unpaired) electrons. The van der Waals surface area contributed by atoms with Crippen LogP contribution in [-0.4, -0.2) is 140 Å². The van der Waals surface area contributed by atoms with E-state index in [0.717, 1.165) is 92.2 Å². The number of primary sulfonamides is 1. The molecule has 28 heteroatoms. The summed E-state index contributed by atoms with van der Waals surface area (Å²) in [7, 11) is -8.22. The lowest BCUT2D eigenvalue weighted by atomic mass is 9.93. The second-order valence-corrected chi connectivity index (χ2v) is 36.7. The minimum Gasteiger partial charge on any atom is -0.478 e. The highest BCUT2D eigenvalue weighted by molar-refractivity contribution is 7.90. The highest BCUT2D eigenvalue weighted by atomic mass is 32.2. The number of nitrogens with zero attached hydrogens (tertiary/aromatic N) is 8. The molecule has 24 nitrogen and oxygen atoms in total. The van der Waals surface area contributed by atoms with E-state index >= 15 is 4.39 Å². The van der Waals surface area contributed by atoms with Crippen molar-refractivity contribution in [3.63, 3.8) is 0 Å². The fourth-order valence-electron chi connectivity index (χ4n) is 17.5. The van der Waals surface area contributed by atoms with Crippen LogP contribution in [0.3, 0.4) is 0 Å². The zero-order valence-electron chi connectivity index (χ0n) is 62.0. The van der Waals surface area contributed by atoms with Gasteiger partial charge in [-0.05, 0) is 285 Å². The number of rotatable bonds is 25. The molecular weight excluding hydrogens is 1390 g/mol. The van der Waals surface area contributed by atoms with Crippen LogP contribution in [0, 0.1) is 57.0 Å². The summed E-state index contributed by atoms with van der Waals surface area (Å²) >= 11 is 0. The van der Waals surface area contributed by atoms with Gasteiger partial charge in [0.2, 0.25) is 5.88 Å². The third-order valence-corrected chi connectivity index (χ3v) is 25.0. The molecular formula is C77H102F2N12O12S2. The van der Waals surface area contributed by atoms with Crippen LogP contribution in [0.15, 0.2) is 107 Å². The molecule has 4 aromatic heterocycles. The van der Waals surface area contributed by atoms with Crippen molar-refractivity contribution in [1.29, 1.82) is 0 Å². The predicted octanol–water partition coefficient (Wildman–Crippen LogP) is 13.9. The monoisotopic (exact) mass is 1490 g/mol. The van der Waals surface area contributed by atoms with Crippen LogP contribution in [0.5, 0.6) is 5.88 Å². The normalized spacial score (nSPS) is 20.7. The van der Waals surface area contributed by atoms with E-state index in [1.165, 1.54) is 105 Å². The first-order chi connectivity index (χ1) is 49.4. The topological polar surface area (TPSA) is 314 Å². The Bertz CT molecular complexity index is 4440. The lowest BCUT2D eigenvalue weighted by molar-refractivity contribution is 0.0118. The predicted molar refractivity (Wildman–Crippen MR) is 391 cm³/mol. The van der Waals surface area contributed by atoms with Crippen LogP contribution >= 0.6 is 0 Å². The molecule has 6 aromatic rings. The number of pyridine rings is 2. The van der Waals surface area contributed by atoms with Gasteiger partial charge in [-0.2, -0.15) is 13.5 Å². The number of likely N-dealkylation sites (tertiary alicyclic amines) is 2. The van der Waals surface area contributed by atoms with Gasteiger partial charge in [0.1, 0.15) is 34.5 Å². The highest BCUT2D eigenvalue weighted by Gasteiger charge is 2.86. The maximum atomic E-state index is 15.2. The number of nitrogens with one attached hydrogen (secondary N) is 3. The van der Waals surface area contributed by atoms with Gasteiger partial charge in [-0.15, -0.1) is 5.10 Å². The Morgan fingerprint density at radius 2 is 1.05 bits per heavy atom. The van der Waals surface area contributed by atoms with Gasteiger partial charge in [0, 0.05) is 67.8 Å². The molecule has 4 spiro atoms. The minimum atomic E-state index is -4.41. The van der Waals surface area contributed by atoms with E-state index in [1.807, 2.05) is 77.3 Å². The summed E-state index contributed by atoms with van der Waals surface area (Å²) in [6.45, 7) is 22.5. The van der Waals surface area contributed by atoms with E-state index < -0.39 is 60.3 Å². The van der Waals surface area contributed by atoms with E-state index in [2.05, 4.69) is 44.6 Å². The van der Waals surface area contributed by atoms with Crippen molar-refractivity contribution in [2.45, 2.75) is 217 Å². The van der Waals surface area contributed by atoms with Crippen LogP contribution in [0.4, 0.5) is 30.0 Å². The van der Waals surface area contributed by atoms with Crippen molar-refractivity contribution < 1.29 is 64.1 Å². The summed E-state index contributed by atoms with van der Waals surface area (Å²) in [6, 6.07) is 20.7. The number of fused-ring (bicyclic) bond motifs is 2. The third kappa shape index (κ3) is 17.3. The van der Waals surface area contributed by atoms with Crippen molar-refractivity contribution in [3.8, 4) is 17.3 Å². The third-order valence-electron chi connectivity index (χ3n) is 22.9. The van der Waals surface area contributed by atoms with Crippen LogP contribution < -0.4 is 25.2 Å². The maximum absolute atomic E-state index is 15.2. The Kier molecular flexibility index (Phi) is 21.0. The number of carbonyl (C=O) groups is 4. The number of hydrogen-bond acceptors (Lipinski definition) is 17.